The number of rotatable bonds is 5. The molecular formula is C14H15Cl2N3O. The molecule has 6 heteroatoms. The second-order valence-corrected chi connectivity index (χ2v) is 5.21. The lowest BCUT2D eigenvalue weighted by Gasteiger charge is -2.16. The van der Waals surface area contributed by atoms with Crippen LogP contribution >= 0.6 is 23.2 Å². The number of aliphatic hydroxyl groups is 1. The van der Waals surface area contributed by atoms with Gasteiger partial charge in [-0.25, -0.2) is 4.98 Å². The second kappa shape index (κ2) is 6.99. The largest absolute Gasteiger partial charge is 0.394 e. The molecule has 20 heavy (non-hydrogen) atoms. The number of pyridine rings is 2. The summed E-state index contributed by atoms with van der Waals surface area (Å²) in [4.78, 5) is 8.28. The minimum atomic E-state index is -0.248. The zero-order valence-electron chi connectivity index (χ0n) is 11.0. The number of hydrogen-bond donors (Lipinski definition) is 2. The minimum Gasteiger partial charge on any atom is -0.394 e. The molecule has 0 aliphatic heterocycles. The van der Waals surface area contributed by atoms with Crippen molar-refractivity contribution in [2.24, 2.45) is 0 Å². The van der Waals surface area contributed by atoms with Crippen molar-refractivity contribution in [3.05, 3.63) is 57.6 Å². The van der Waals surface area contributed by atoms with E-state index in [1.54, 1.807) is 12.3 Å². The molecule has 2 N–H and O–H groups in total. The molecule has 0 aliphatic rings. The lowest BCUT2D eigenvalue weighted by molar-refractivity contribution is 0.241. The summed E-state index contributed by atoms with van der Waals surface area (Å²) in [7, 11) is 0. The molecule has 2 heterocycles. The summed E-state index contributed by atoms with van der Waals surface area (Å²) in [5.74, 6) is 0. The fourth-order valence-electron chi connectivity index (χ4n) is 1.75. The normalized spacial score (nSPS) is 12.4. The number of nitrogens with one attached hydrogen (secondary N) is 1. The molecular weight excluding hydrogens is 297 g/mol. The first-order valence-corrected chi connectivity index (χ1v) is 6.93. The van der Waals surface area contributed by atoms with Crippen LogP contribution in [0.2, 0.25) is 10.3 Å². The predicted molar refractivity (Wildman–Crippen MR) is 79.9 cm³/mol. The zero-order chi connectivity index (χ0) is 14.5. The second-order valence-electron chi connectivity index (χ2n) is 4.46. The van der Waals surface area contributed by atoms with Gasteiger partial charge in [-0.3, -0.25) is 4.98 Å². The van der Waals surface area contributed by atoms with Gasteiger partial charge >= 0.3 is 0 Å². The lowest BCUT2D eigenvalue weighted by atomic mass is 10.1. The number of nitrogens with zero attached hydrogens (tertiary/aromatic N) is 2. The van der Waals surface area contributed by atoms with Gasteiger partial charge in [0.05, 0.1) is 18.3 Å². The molecule has 2 aromatic heterocycles. The molecule has 0 fully saturated rings. The van der Waals surface area contributed by atoms with E-state index in [4.69, 9.17) is 23.2 Å². The molecule has 1 unspecified atom stereocenters. The predicted octanol–water partition coefficient (Wildman–Crippen LogP) is 2.92. The molecule has 0 saturated carbocycles. The van der Waals surface area contributed by atoms with Crippen LogP contribution in [0.1, 0.15) is 22.9 Å². The highest BCUT2D eigenvalue weighted by molar-refractivity contribution is 6.32. The van der Waals surface area contributed by atoms with Crippen LogP contribution in [0.3, 0.4) is 0 Å². The molecule has 106 valence electrons. The van der Waals surface area contributed by atoms with E-state index in [9.17, 15) is 5.11 Å². The van der Waals surface area contributed by atoms with Gasteiger partial charge in [-0.2, -0.15) is 0 Å². The average Bonchev–Trinajstić information content (AvgIpc) is 2.43. The van der Waals surface area contributed by atoms with Crippen molar-refractivity contribution in [3.63, 3.8) is 0 Å². The maximum Gasteiger partial charge on any atom is 0.135 e. The Morgan fingerprint density at radius 3 is 2.65 bits per heavy atom. The summed E-state index contributed by atoms with van der Waals surface area (Å²) in [6.07, 6.45) is 1.77. The van der Waals surface area contributed by atoms with Gasteiger partial charge in [0.15, 0.2) is 0 Å². The monoisotopic (exact) mass is 311 g/mol. The average molecular weight is 312 g/mol. The molecule has 2 rings (SSSR count). The van der Waals surface area contributed by atoms with E-state index in [2.05, 4.69) is 15.3 Å². The van der Waals surface area contributed by atoms with Crippen molar-refractivity contribution in [2.75, 3.05) is 6.61 Å². The molecule has 1 atom stereocenters. The van der Waals surface area contributed by atoms with E-state index in [1.807, 2.05) is 25.1 Å². The Labute approximate surface area is 127 Å². The highest BCUT2D eigenvalue weighted by Gasteiger charge is 2.12. The first-order valence-electron chi connectivity index (χ1n) is 6.18. The number of aromatic nitrogens is 2. The van der Waals surface area contributed by atoms with E-state index in [0.29, 0.717) is 16.9 Å². The topological polar surface area (TPSA) is 58.0 Å². The van der Waals surface area contributed by atoms with Crippen LogP contribution in [0.15, 0.2) is 30.5 Å². The Morgan fingerprint density at radius 2 is 2.05 bits per heavy atom. The van der Waals surface area contributed by atoms with Gasteiger partial charge in [0, 0.05) is 18.3 Å². The van der Waals surface area contributed by atoms with Gasteiger partial charge in [0.1, 0.15) is 10.3 Å². The molecule has 0 amide bonds. The van der Waals surface area contributed by atoms with Crippen LogP contribution < -0.4 is 5.32 Å². The molecule has 0 saturated heterocycles. The Balaban J connectivity index is 2.05. The van der Waals surface area contributed by atoms with E-state index < -0.39 is 0 Å². The first-order chi connectivity index (χ1) is 9.60. The van der Waals surface area contributed by atoms with Gasteiger partial charge in [-0.15, -0.1) is 0 Å². The van der Waals surface area contributed by atoms with Crippen LogP contribution in [0.4, 0.5) is 0 Å². The fourth-order valence-corrected chi connectivity index (χ4v) is 2.17. The molecule has 0 spiro atoms. The van der Waals surface area contributed by atoms with Crippen molar-refractivity contribution >= 4 is 23.2 Å². The Kier molecular flexibility index (Phi) is 5.31. The minimum absolute atomic E-state index is 0.0469. The van der Waals surface area contributed by atoms with Gasteiger partial charge in [0.2, 0.25) is 0 Å². The van der Waals surface area contributed by atoms with Crippen LogP contribution in [0.25, 0.3) is 0 Å². The van der Waals surface area contributed by atoms with E-state index >= 15 is 0 Å². The fraction of sp³-hybridized carbons (Fsp3) is 0.286. The summed E-state index contributed by atoms with van der Waals surface area (Å²) >= 11 is 11.8. The van der Waals surface area contributed by atoms with E-state index in [-0.39, 0.29) is 12.6 Å². The third-order valence-electron chi connectivity index (χ3n) is 2.90. The summed E-state index contributed by atoms with van der Waals surface area (Å²) in [5.41, 5.74) is 2.69. The molecule has 0 aliphatic carbocycles. The van der Waals surface area contributed by atoms with Gasteiger partial charge in [-0.1, -0.05) is 35.3 Å². The Hall–Kier alpha value is -1.20. The van der Waals surface area contributed by atoms with Crippen molar-refractivity contribution in [3.8, 4) is 0 Å². The maximum atomic E-state index is 9.47. The summed E-state index contributed by atoms with van der Waals surface area (Å²) in [5, 5.41) is 13.4. The van der Waals surface area contributed by atoms with Gasteiger partial charge < -0.3 is 10.4 Å². The zero-order valence-corrected chi connectivity index (χ0v) is 12.5. The number of hydrogen-bond acceptors (Lipinski definition) is 4. The summed E-state index contributed by atoms with van der Waals surface area (Å²) < 4.78 is 0. The standard InChI is InChI=1S/C14H15Cl2N3O/c1-9-2-4-11(17-6-9)12(8-20)18-7-10-3-5-13(15)19-14(10)16/h2-6,12,18,20H,7-8H2,1H3. The van der Waals surface area contributed by atoms with Crippen molar-refractivity contribution in [1.82, 2.24) is 15.3 Å². The van der Waals surface area contributed by atoms with E-state index in [1.165, 1.54) is 0 Å². The number of aryl methyl sites for hydroxylation is 1. The Bertz CT molecular complexity index is 575. The SMILES string of the molecule is Cc1ccc(C(CO)NCc2ccc(Cl)nc2Cl)nc1. The van der Waals surface area contributed by atoms with Crippen LogP contribution in [-0.4, -0.2) is 21.7 Å². The number of halogens is 2. The molecule has 4 nitrogen and oxygen atoms in total. The first kappa shape index (κ1) is 15.2. The van der Waals surface area contributed by atoms with E-state index in [0.717, 1.165) is 16.8 Å². The van der Waals surface area contributed by atoms with Crippen molar-refractivity contribution in [1.29, 1.82) is 0 Å². The van der Waals surface area contributed by atoms with Gasteiger partial charge in [0.25, 0.3) is 0 Å². The van der Waals surface area contributed by atoms with Crippen LogP contribution in [0.5, 0.6) is 0 Å². The summed E-state index contributed by atoms with van der Waals surface area (Å²) in [6.45, 7) is 2.40. The quantitative estimate of drug-likeness (QED) is 0.834. The van der Waals surface area contributed by atoms with Crippen LogP contribution in [0, 0.1) is 6.92 Å². The van der Waals surface area contributed by atoms with Crippen molar-refractivity contribution in [2.45, 2.75) is 19.5 Å². The van der Waals surface area contributed by atoms with Gasteiger partial charge in [-0.05, 0) is 24.6 Å². The third-order valence-corrected chi connectivity index (χ3v) is 3.44. The molecule has 0 radical (unpaired) electrons. The highest BCUT2D eigenvalue weighted by atomic mass is 35.5. The lowest BCUT2D eigenvalue weighted by Crippen LogP contribution is -2.25. The highest BCUT2D eigenvalue weighted by Crippen LogP contribution is 2.18. The smallest absolute Gasteiger partial charge is 0.135 e. The number of aliphatic hydroxyl groups excluding tert-OH is 1. The maximum absolute atomic E-state index is 9.47. The summed E-state index contributed by atoms with van der Waals surface area (Å²) in [6, 6.07) is 7.10. The molecule has 0 aromatic carbocycles. The third kappa shape index (κ3) is 3.90. The van der Waals surface area contributed by atoms with Crippen molar-refractivity contribution < 1.29 is 5.11 Å². The van der Waals surface area contributed by atoms with Crippen LogP contribution in [-0.2, 0) is 6.54 Å². The molecule has 0 bridgehead atoms. The Morgan fingerprint density at radius 1 is 1.25 bits per heavy atom. The molecule has 2 aromatic rings.